The number of nitrogens with zero attached hydrogens (tertiary/aromatic N) is 2. The molecule has 2 atom stereocenters. The fourth-order valence-corrected chi connectivity index (χ4v) is 5.78. The zero-order valence-electron chi connectivity index (χ0n) is 23.7. The number of carbonyl (C=O) groups is 2. The molecule has 6 nitrogen and oxygen atoms in total. The molecule has 0 saturated carbocycles. The highest BCUT2D eigenvalue weighted by Gasteiger charge is 2.39. The summed E-state index contributed by atoms with van der Waals surface area (Å²) in [5.41, 5.74) is 6.47. The Bertz CT molecular complexity index is 1380. The molecule has 1 N–H and O–H groups in total. The van der Waals surface area contributed by atoms with Crippen LogP contribution in [0.4, 0.5) is 0 Å². The maximum atomic E-state index is 14.0. The number of para-hydroxylation sites is 1. The predicted octanol–water partition coefficient (Wildman–Crippen LogP) is 4.66. The summed E-state index contributed by atoms with van der Waals surface area (Å²) in [7, 11) is 1.88. The molecule has 0 spiro atoms. The Labute approximate surface area is 237 Å². The van der Waals surface area contributed by atoms with Crippen molar-refractivity contribution in [3.05, 3.63) is 107 Å². The Hall–Kier alpha value is -3.90. The van der Waals surface area contributed by atoms with Gasteiger partial charge in [-0.25, -0.2) is 0 Å². The molecule has 2 amide bonds. The number of rotatable bonds is 9. The van der Waals surface area contributed by atoms with Crippen molar-refractivity contribution in [1.29, 1.82) is 0 Å². The lowest BCUT2D eigenvalue weighted by atomic mass is 9.82. The minimum Gasteiger partial charge on any atom is -0.493 e. The van der Waals surface area contributed by atoms with Crippen molar-refractivity contribution in [3.63, 3.8) is 0 Å². The average molecular weight is 538 g/mol. The molecule has 2 aliphatic heterocycles. The third-order valence-corrected chi connectivity index (χ3v) is 8.02. The molecule has 1 saturated heterocycles. The van der Waals surface area contributed by atoms with Gasteiger partial charge in [0.1, 0.15) is 5.75 Å². The van der Waals surface area contributed by atoms with Gasteiger partial charge >= 0.3 is 0 Å². The van der Waals surface area contributed by atoms with Crippen molar-refractivity contribution in [2.24, 2.45) is 0 Å². The van der Waals surface area contributed by atoms with Crippen LogP contribution in [-0.4, -0.2) is 67.0 Å². The Morgan fingerprint density at radius 3 is 2.48 bits per heavy atom. The smallest absolute Gasteiger partial charge is 0.251 e. The number of nitrogens with one attached hydrogen (secondary N) is 1. The Morgan fingerprint density at radius 2 is 1.70 bits per heavy atom. The van der Waals surface area contributed by atoms with Crippen LogP contribution in [-0.2, 0) is 22.4 Å². The maximum absolute atomic E-state index is 14.0. The number of aryl methyl sites for hydroxylation is 1. The number of amides is 2. The quantitative estimate of drug-likeness (QED) is 0.431. The first-order valence-electron chi connectivity index (χ1n) is 14.2. The summed E-state index contributed by atoms with van der Waals surface area (Å²) in [5.74, 6) is 0.995. The van der Waals surface area contributed by atoms with Gasteiger partial charge in [0.15, 0.2) is 0 Å². The van der Waals surface area contributed by atoms with Crippen LogP contribution in [0.5, 0.6) is 5.75 Å². The molecule has 0 unspecified atom stereocenters. The van der Waals surface area contributed by atoms with Crippen LogP contribution >= 0.6 is 0 Å². The van der Waals surface area contributed by atoms with E-state index in [1.165, 1.54) is 11.1 Å². The summed E-state index contributed by atoms with van der Waals surface area (Å²) in [4.78, 5) is 30.0. The molecule has 40 heavy (non-hydrogen) atoms. The van der Waals surface area contributed by atoms with Gasteiger partial charge in [0.25, 0.3) is 5.91 Å². The highest BCUT2D eigenvalue weighted by atomic mass is 16.5. The average Bonchev–Trinajstić information content (AvgIpc) is 2.97. The summed E-state index contributed by atoms with van der Waals surface area (Å²) in [6.45, 7) is 6.04. The monoisotopic (exact) mass is 537 g/mol. The third-order valence-electron chi connectivity index (χ3n) is 8.02. The van der Waals surface area contributed by atoms with Crippen molar-refractivity contribution in [2.75, 3.05) is 33.3 Å². The number of hydrogen-bond acceptors (Lipinski definition) is 4. The Kier molecular flexibility index (Phi) is 8.66. The van der Waals surface area contributed by atoms with Crippen molar-refractivity contribution in [1.82, 2.24) is 15.1 Å². The Morgan fingerprint density at radius 1 is 0.950 bits per heavy atom. The van der Waals surface area contributed by atoms with E-state index in [1.54, 1.807) is 6.92 Å². The summed E-state index contributed by atoms with van der Waals surface area (Å²) in [5, 5.41) is 3.65. The lowest BCUT2D eigenvalue weighted by molar-refractivity contribution is -0.132. The van der Waals surface area contributed by atoms with E-state index in [0.717, 1.165) is 40.9 Å². The first-order chi connectivity index (χ1) is 19.4. The first kappa shape index (κ1) is 27.7. The number of carbonyl (C=O) groups excluding carboxylic acids is 2. The van der Waals surface area contributed by atoms with E-state index in [0.29, 0.717) is 32.7 Å². The fraction of sp³-hybridized carbons (Fsp3) is 0.353. The molecule has 5 rings (SSSR count). The van der Waals surface area contributed by atoms with Gasteiger partial charge in [-0.15, -0.1) is 0 Å². The predicted molar refractivity (Wildman–Crippen MR) is 159 cm³/mol. The number of fused-ring (bicyclic) bond motifs is 2. The van der Waals surface area contributed by atoms with E-state index in [1.807, 2.05) is 53.2 Å². The molecular formula is C34H39N3O3. The molecule has 1 fully saturated rings. The maximum Gasteiger partial charge on any atom is 0.251 e. The highest BCUT2D eigenvalue weighted by Crippen LogP contribution is 2.34. The normalized spacial score (nSPS) is 18.4. The van der Waals surface area contributed by atoms with Crippen molar-refractivity contribution < 1.29 is 14.3 Å². The van der Waals surface area contributed by atoms with Crippen LogP contribution < -0.4 is 10.1 Å². The second-order valence-electron chi connectivity index (χ2n) is 11.0. The van der Waals surface area contributed by atoms with Gasteiger partial charge in [0.2, 0.25) is 5.91 Å². The Balaban J connectivity index is 1.39. The van der Waals surface area contributed by atoms with E-state index in [9.17, 15) is 9.59 Å². The van der Waals surface area contributed by atoms with Crippen LogP contribution in [0.3, 0.4) is 0 Å². The van der Waals surface area contributed by atoms with E-state index in [4.69, 9.17) is 4.74 Å². The lowest BCUT2D eigenvalue weighted by Gasteiger charge is -2.44. The summed E-state index contributed by atoms with van der Waals surface area (Å²) >= 11 is 0. The molecule has 0 aliphatic carbocycles. The second-order valence-corrected chi connectivity index (χ2v) is 11.0. The molecule has 2 aliphatic rings. The minimum absolute atomic E-state index is 0.0283. The number of ether oxygens (including phenoxy) is 1. The third kappa shape index (κ3) is 6.45. The SMILES string of the molecule is CC(=O)N1C[C@H]2CC(c3cccc(CCOc4ccccc4C)c3)=C(C(=O)N(C)CCc3ccccc3)[C@@H](C1)N2. The van der Waals surface area contributed by atoms with Gasteiger partial charge in [-0.05, 0) is 53.7 Å². The first-order valence-corrected chi connectivity index (χ1v) is 14.2. The molecule has 208 valence electrons. The van der Waals surface area contributed by atoms with Crippen LogP contribution in [0.2, 0.25) is 0 Å². The fourth-order valence-electron chi connectivity index (χ4n) is 5.78. The van der Waals surface area contributed by atoms with Crippen molar-refractivity contribution in [2.45, 2.75) is 45.2 Å². The molecule has 3 aromatic carbocycles. The molecule has 2 bridgehead atoms. The largest absolute Gasteiger partial charge is 0.493 e. The molecular weight excluding hydrogens is 498 g/mol. The van der Waals surface area contributed by atoms with Gasteiger partial charge in [-0.3, -0.25) is 9.59 Å². The van der Waals surface area contributed by atoms with Gasteiger partial charge in [-0.1, -0.05) is 72.8 Å². The van der Waals surface area contributed by atoms with E-state index in [-0.39, 0.29) is 23.9 Å². The topological polar surface area (TPSA) is 61.9 Å². The molecule has 0 aromatic heterocycles. The zero-order valence-corrected chi connectivity index (χ0v) is 23.7. The van der Waals surface area contributed by atoms with E-state index in [2.05, 4.69) is 54.7 Å². The molecule has 3 aromatic rings. The van der Waals surface area contributed by atoms with E-state index >= 15 is 0 Å². The number of piperazine rings is 1. The van der Waals surface area contributed by atoms with Gasteiger partial charge in [0, 0.05) is 51.6 Å². The summed E-state index contributed by atoms with van der Waals surface area (Å²) < 4.78 is 6.05. The number of hydrogen-bond donors (Lipinski definition) is 1. The number of likely N-dealkylation sites (N-methyl/N-ethyl adjacent to an activating group) is 1. The second kappa shape index (κ2) is 12.5. The highest BCUT2D eigenvalue weighted by molar-refractivity contribution is 6.03. The number of benzene rings is 3. The summed E-state index contributed by atoms with van der Waals surface area (Å²) in [6.07, 6.45) is 2.28. The van der Waals surface area contributed by atoms with Gasteiger partial charge < -0.3 is 19.9 Å². The minimum atomic E-state index is -0.189. The zero-order chi connectivity index (χ0) is 28.1. The van der Waals surface area contributed by atoms with Crippen LogP contribution in [0.1, 0.15) is 35.6 Å². The standard InChI is InChI=1S/C34H39N3O3/c1-24-10-7-8-15-32(24)40-19-17-27-13-9-14-28(20-27)30-21-29-22-37(25(2)38)23-31(35-29)33(30)34(39)36(3)18-16-26-11-5-4-6-12-26/h4-15,20,29,31,35H,16-19,21-23H2,1-3H3/t29-,31-/m1/s1. The molecule has 2 heterocycles. The van der Waals surface area contributed by atoms with Crippen LogP contribution in [0.15, 0.2) is 84.4 Å². The molecule has 0 radical (unpaired) electrons. The molecule has 6 heteroatoms. The van der Waals surface area contributed by atoms with Gasteiger partial charge in [-0.2, -0.15) is 0 Å². The van der Waals surface area contributed by atoms with Crippen molar-refractivity contribution in [3.8, 4) is 5.75 Å². The van der Waals surface area contributed by atoms with Crippen LogP contribution in [0.25, 0.3) is 5.57 Å². The van der Waals surface area contributed by atoms with E-state index < -0.39 is 0 Å². The van der Waals surface area contributed by atoms with Gasteiger partial charge in [0.05, 0.1) is 12.6 Å². The summed E-state index contributed by atoms with van der Waals surface area (Å²) in [6, 6.07) is 26.8. The van der Waals surface area contributed by atoms with Crippen molar-refractivity contribution >= 4 is 17.4 Å². The van der Waals surface area contributed by atoms with Crippen LogP contribution in [0, 0.1) is 6.92 Å². The lowest BCUT2D eigenvalue weighted by Crippen LogP contribution is -2.61.